The Balaban J connectivity index is 1.88. The van der Waals surface area contributed by atoms with E-state index in [4.69, 9.17) is 8.94 Å². The molecule has 0 amide bonds. The van der Waals surface area contributed by atoms with Gasteiger partial charge in [0.1, 0.15) is 5.76 Å². The second-order valence-electron chi connectivity index (χ2n) is 4.27. The average Bonchev–Trinajstić information content (AvgIpc) is 3.16. The van der Waals surface area contributed by atoms with E-state index in [2.05, 4.69) is 10.1 Å². The van der Waals surface area contributed by atoms with Gasteiger partial charge in [0.15, 0.2) is 17.9 Å². The highest BCUT2D eigenvalue weighted by molar-refractivity contribution is 5.73. The van der Waals surface area contributed by atoms with Crippen molar-refractivity contribution in [3.05, 3.63) is 48.0 Å². The molecular weight excluding hydrogens is 256 g/mol. The third-order valence-corrected chi connectivity index (χ3v) is 2.94. The van der Waals surface area contributed by atoms with E-state index in [-0.39, 0.29) is 0 Å². The molecule has 0 radical (unpaired) electrons. The molecule has 2 aromatic heterocycles. The summed E-state index contributed by atoms with van der Waals surface area (Å²) < 4.78 is 10.5. The molecule has 2 heterocycles. The number of aryl methyl sites for hydroxylation is 1. The van der Waals surface area contributed by atoms with Crippen molar-refractivity contribution < 1.29 is 13.7 Å². The van der Waals surface area contributed by atoms with Crippen molar-refractivity contribution in [3.8, 4) is 22.8 Å². The van der Waals surface area contributed by atoms with Crippen LogP contribution in [0.1, 0.15) is 23.3 Å². The first kappa shape index (κ1) is 12.3. The van der Waals surface area contributed by atoms with E-state index >= 15 is 0 Å². The quantitative estimate of drug-likeness (QED) is 0.678. The number of furan rings is 1. The zero-order valence-electron chi connectivity index (χ0n) is 10.9. The van der Waals surface area contributed by atoms with E-state index in [9.17, 15) is 4.79 Å². The number of hydrogen-bond donors (Lipinski definition) is 0. The number of rotatable bonds is 4. The normalized spacial score (nSPS) is 10.7. The van der Waals surface area contributed by atoms with Crippen LogP contribution < -0.4 is 0 Å². The summed E-state index contributed by atoms with van der Waals surface area (Å²) in [6.07, 6.45) is 1.42. The molecule has 0 unspecified atom stereocenters. The summed E-state index contributed by atoms with van der Waals surface area (Å²) in [7, 11) is 0. The Bertz CT molecular complexity index is 726. The van der Waals surface area contributed by atoms with Crippen LogP contribution in [0.3, 0.4) is 0 Å². The van der Waals surface area contributed by atoms with Crippen LogP contribution in [0.15, 0.2) is 45.3 Å². The monoisotopic (exact) mass is 268 g/mol. The third-order valence-electron chi connectivity index (χ3n) is 2.94. The molecule has 0 saturated heterocycles. The van der Waals surface area contributed by atoms with Gasteiger partial charge in [0.25, 0.3) is 5.89 Å². The highest BCUT2D eigenvalue weighted by atomic mass is 16.5. The Morgan fingerprint density at radius 3 is 2.45 bits per heavy atom. The molecular formula is C15H12N2O3. The van der Waals surface area contributed by atoms with Gasteiger partial charge >= 0.3 is 0 Å². The predicted molar refractivity (Wildman–Crippen MR) is 72.2 cm³/mol. The van der Waals surface area contributed by atoms with Crippen LogP contribution in [-0.2, 0) is 6.42 Å². The van der Waals surface area contributed by atoms with Crippen molar-refractivity contribution in [3.63, 3.8) is 0 Å². The van der Waals surface area contributed by atoms with Crippen molar-refractivity contribution in [1.29, 1.82) is 0 Å². The van der Waals surface area contributed by atoms with E-state index in [1.807, 2.05) is 31.2 Å². The molecule has 5 heteroatoms. The maximum Gasteiger partial charge on any atom is 0.257 e. The molecule has 0 atom stereocenters. The van der Waals surface area contributed by atoms with Crippen molar-refractivity contribution in [2.24, 2.45) is 0 Å². The lowest BCUT2D eigenvalue weighted by molar-refractivity contribution is 0.110. The van der Waals surface area contributed by atoms with Crippen LogP contribution in [0.5, 0.6) is 0 Å². The number of carbonyl (C=O) groups excluding carboxylic acids is 1. The molecule has 0 fully saturated rings. The topological polar surface area (TPSA) is 69.1 Å². The SMILES string of the molecule is CCc1noc(-c2ccc(-c3ccc(C=O)o3)cc2)n1. The second-order valence-corrected chi connectivity index (χ2v) is 4.27. The summed E-state index contributed by atoms with van der Waals surface area (Å²) in [5.74, 6) is 2.15. The van der Waals surface area contributed by atoms with Gasteiger partial charge in [-0.05, 0) is 24.3 Å². The lowest BCUT2D eigenvalue weighted by Gasteiger charge is -1.98. The maximum atomic E-state index is 10.6. The van der Waals surface area contributed by atoms with Crippen molar-refractivity contribution in [2.45, 2.75) is 13.3 Å². The number of hydrogen-bond acceptors (Lipinski definition) is 5. The van der Waals surface area contributed by atoms with Crippen LogP contribution in [0, 0.1) is 0 Å². The minimum atomic E-state index is 0.313. The Hall–Kier alpha value is -2.69. The van der Waals surface area contributed by atoms with Gasteiger partial charge in [0.05, 0.1) is 0 Å². The van der Waals surface area contributed by atoms with Crippen molar-refractivity contribution >= 4 is 6.29 Å². The molecule has 0 spiro atoms. The minimum absolute atomic E-state index is 0.313. The van der Waals surface area contributed by atoms with E-state index in [1.165, 1.54) is 0 Å². The van der Waals surface area contributed by atoms with Crippen LogP contribution in [0.4, 0.5) is 0 Å². The van der Waals surface area contributed by atoms with Gasteiger partial charge in [-0.1, -0.05) is 24.2 Å². The van der Waals surface area contributed by atoms with Crippen LogP contribution in [0.25, 0.3) is 22.8 Å². The lowest BCUT2D eigenvalue weighted by Crippen LogP contribution is -1.82. The fourth-order valence-corrected chi connectivity index (χ4v) is 1.86. The predicted octanol–water partition coefficient (Wildman–Crippen LogP) is 3.37. The fourth-order valence-electron chi connectivity index (χ4n) is 1.86. The van der Waals surface area contributed by atoms with E-state index in [0.29, 0.717) is 29.5 Å². The van der Waals surface area contributed by atoms with Gasteiger partial charge in [0, 0.05) is 17.5 Å². The van der Waals surface area contributed by atoms with Crippen LogP contribution in [0.2, 0.25) is 0 Å². The number of benzene rings is 1. The zero-order chi connectivity index (χ0) is 13.9. The molecule has 0 bridgehead atoms. The molecule has 5 nitrogen and oxygen atoms in total. The summed E-state index contributed by atoms with van der Waals surface area (Å²) in [6, 6.07) is 10.9. The first-order valence-corrected chi connectivity index (χ1v) is 6.28. The van der Waals surface area contributed by atoms with Gasteiger partial charge in [0.2, 0.25) is 0 Å². The number of nitrogens with zero attached hydrogens (tertiary/aromatic N) is 2. The number of aromatic nitrogens is 2. The summed E-state index contributed by atoms with van der Waals surface area (Å²) in [4.78, 5) is 14.9. The van der Waals surface area contributed by atoms with E-state index in [0.717, 1.165) is 17.5 Å². The van der Waals surface area contributed by atoms with Gasteiger partial charge in [-0.15, -0.1) is 0 Å². The first-order valence-electron chi connectivity index (χ1n) is 6.28. The molecule has 3 aromatic rings. The Labute approximate surface area is 115 Å². The van der Waals surface area contributed by atoms with Crippen LogP contribution in [-0.4, -0.2) is 16.4 Å². The summed E-state index contributed by atoms with van der Waals surface area (Å²) in [5, 5.41) is 3.86. The molecule has 100 valence electrons. The molecule has 0 aliphatic heterocycles. The minimum Gasteiger partial charge on any atom is -0.453 e. The lowest BCUT2D eigenvalue weighted by atomic mass is 10.1. The van der Waals surface area contributed by atoms with Crippen molar-refractivity contribution in [2.75, 3.05) is 0 Å². The molecule has 1 aromatic carbocycles. The molecule has 0 N–H and O–H groups in total. The van der Waals surface area contributed by atoms with Gasteiger partial charge < -0.3 is 8.94 Å². The van der Waals surface area contributed by atoms with E-state index < -0.39 is 0 Å². The smallest absolute Gasteiger partial charge is 0.257 e. The van der Waals surface area contributed by atoms with Crippen LogP contribution >= 0.6 is 0 Å². The van der Waals surface area contributed by atoms with Gasteiger partial charge in [-0.2, -0.15) is 4.98 Å². The molecule has 0 saturated carbocycles. The highest BCUT2D eigenvalue weighted by Crippen LogP contribution is 2.25. The Morgan fingerprint density at radius 2 is 1.85 bits per heavy atom. The molecule has 0 aliphatic rings. The highest BCUT2D eigenvalue weighted by Gasteiger charge is 2.09. The molecule has 0 aliphatic carbocycles. The standard InChI is InChI=1S/C15H12N2O3/c1-2-14-16-15(20-17-14)11-5-3-10(4-6-11)13-8-7-12(9-18)19-13/h3-9H,2H2,1H3. The largest absolute Gasteiger partial charge is 0.453 e. The zero-order valence-corrected chi connectivity index (χ0v) is 10.9. The Kier molecular flexibility index (Phi) is 3.16. The van der Waals surface area contributed by atoms with Crippen molar-refractivity contribution in [1.82, 2.24) is 10.1 Å². The number of aldehydes is 1. The molecule has 20 heavy (non-hydrogen) atoms. The van der Waals surface area contributed by atoms with E-state index in [1.54, 1.807) is 12.1 Å². The third kappa shape index (κ3) is 2.25. The maximum absolute atomic E-state index is 10.6. The number of carbonyl (C=O) groups is 1. The van der Waals surface area contributed by atoms with Gasteiger partial charge in [-0.3, -0.25) is 4.79 Å². The van der Waals surface area contributed by atoms with Gasteiger partial charge in [-0.25, -0.2) is 0 Å². The molecule has 3 rings (SSSR count). The summed E-state index contributed by atoms with van der Waals surface area (Å²) >= 11 is 0. The second kappa shape index (κ2) is 5.13. The first-order chi connectivity index (χ1) is 9.80. The average molecular weight is 268 g/mol. The summed E-state index contributed by atoms with van der Waals surface area (Å²) in [5.41, 5.74) is 1.74. The fraction of sp³-hybridized carbons (Fsp3) is 0.133. The Morgan fingerprint density at radius 1 is 1.10 bits per heavy atom. The summed E-state index contributed by atoms with van der Waals surface area (Å²) in [6.45, 7) is 1.97.